The number of methoxy groups -OCH3 is 1. The Morgan fingerprint density at radius 3 is 2.50 bits per heavy atom. The third kappa shape index (κ3) is 7.32. The Kier molecular flexibility index (Phi) is 9.58. The molecule has 28 heavy (non-hydrogen) atoms. The second kappa shape index (κ2) is 11.9. The van der Waals surface area contributed by atoms with Crippen molar-refractivity contribution in [2.45, 2.75) is 34.2 Å². The second-order valence-electron chi connectivity index (χ2n) is 7.73. The lowest BCUT2D eigenvalue weighted by Crippen LogP contribution is -2.48. The largest absolute Gasteiger partial charge is 0.496 e. The first-order chi connectivity index (χ1) is 13.5. The minimum Gasteiger partial charge on any atom is -0.496 e. The standard InChI is InChI=1S/C22H39N5O/c1-6-23-22(25-16-20-9-8-18(3)14-21(20)28-5)24-15-19(4)17-27-12-10-26(7-2)11-13-27/h8-9,14,19H,6-7,10-13,15-17H2,1-5H3,(H2,23,24,25). The molecule has 1 atom stereocenters. The molecule has 1 heterocycles. The maximum absolute atomic E-state index is 5.50. The summed E-state index contributed by atoms with van der Waals surface area (Å²) in [7, 11) is 1.72. The quantitative estimate of drug-likeness (QED) is 0.502. The van der Waals surface area contributed by atoms with Gasteiger partial charge >= 0.3 is 0 Å². The molecule has 158 valence electrons. The smallest absolute Gasteiger partial charge is 0.191 e. The molecule has 1 saturated heterocycles. The van der Waals surface area contributed by atoms with Gasteiger partial charge in [0.2, 0.25) is 0 Å². The van der Waals surface area contributed by atoms with Crippen molar-refractivity contribution in [2.24, 2.45) is 10.9 Å². The van der Waals surface area contributed by atoms with Crippen LogP contribution in [0, 0.1) is 12.8 Å². The normalized spacial score (nSPS) is 17.4. The van der Waals surface area contributed by atoms with E-state index in [2.05, 4.69) is 66.3 Å². The van der Waals surface area contributed by atoms with Crippen LogP contribution in [0.5, 0.6) is 5.75 Å². The zero-order valence-corrected chi connectivity index (χ0v) is 18.4. The van der Waals surface area contributed by atoms with Gasteiger partial charge in [0.05, 0.1) is 13.7 Å². The van der Waals surface area contributed by atoms with Crippen molar-refractivity contribution in [3.05, 3.63) is 29.3 Å². The topological polar surface area (TPSA) is 52.1 Å². The summed E-state index contributed by atoms with van der Waals surface area (Å²) in [6.45, 7) is 18.2. The van der Waals surface area contributed by atoms with Crippen molar-refractivity contribution in [1.29, 1.82) is 0 Å². The number of piperazine rings is 1. The number of likely N-dealkylation sites (N-methyl/N-ethyl adjacent to an activating group) is 1. The van der Waals surface area contributed by atoms with Gasteiger partial charge < -0.3 is 25.2 Å². The lowest BCUT2D eigenvalue weighted by molar-refractivity contribution is 0.124. The summed E-state index contributed by atoms with van der Waals surface area (Å²) in [4.78, 5) is 9.86. The summed E-state index contributed by atoms with van der Waals surface area (Å²) in [6.07, 6.45) is 0. The van der Waals surface area contributed by atoms with Crippen LogP contribution in [-0.4, -0.2) is 75.2 Å². The maximum atomic E-state index is 5.50. The van der Waals surface area contributed by atoms with Crippen molar-refractivity contribution >= 4 is 5.96 Å². The van der Waals surface area contributed by atoms with Gasteiger partial charge in [0.25, 0.3) is 0 Å². The molecule has 0 aliphatic carbocycles. The number of aliphatic imine (C=N–C) groups is 1. The van der Waals surface area contributed by atoms with E-state index in [1.54, 1.807) is 7.11 Å². The molecule has 1 aliphatic rings. The van der Waals surface area contributed by atoms with E-state index in [-0.39, 0.29) is 0 Å². The predicted molar refractivity (Wildman–Crippen MR) is 118 cm³/mol. The van der Waals surface area contributed by atoms with Gasteiger partial charge in [0.15, 0.2) is 5.96 Å². The summed E-state index contributed by atoms with van der Waals surface area (Å²) in [5, 5.41) is 6.86. The van der Waals surface area contributed by atoms with Crippen molar-refractivity contribution in [3.8, 4) is 5.75 Å². The summed E-state index contributed by atoms with van der Waals surface area (Å²) < 4.78 is 5.50. The van der Waals surface area contributed by atoms with E-state index in [9.17, 15) is 0 Å². The summed E-state index contributed by atoms with van der Waals surface area (Å²) in [6, 6.07) is 6.26. The van der Waals surface area contributed by atoms with E-state index in [0.29, 0.717) is 12.5 Å². The fraction of sp³-hybridized carbons (Fsp3) is 0.682. The molecule has 0 spiro atoms. The SMILES string of the molecule is CCNC(=NCc1ccc(C)cc1OC)NCC(C)CN1CCN(CC)CC1. The molecule has 1 aromatic rings. The van der Waals surface area contributed by atoms with Gasteiger partial charge in [-0.2, -0.15) is 0 Å². The van der Waals surface area contributed by atoms with E-state index in [4.69, 9.17) is 9.73 Å². The van der Waals surface area contributed by atoms with E-state index in [1.807, 2.05) is 0 Å². The lowest BCUT2D eigenvalue weighted by atomic mass is 10.1. The van der Waals surface area contributed by atoms with E-state index in [1.165, 1.54) is 38.3 Å². The van der Waals surface area contributed by atoms with Crippen LogP contribution in [0.1, 0.15) is 31.9 Å². The van der Waals surface area contributed by atoms with E-state index in [0.717, 1.165) is 36.9 Å². The molecule has 6 heteroatoms. The van der Waals surface area contributed by atoms with Crippen molar-refractivity contribution in [2.75, 3.05) is 59.5 Å². The van der Waals surface area contributed by atoms with Crippen LogP contribution in [-0.2, 0) is 6.54 Å². The number of nitrogens with one attached hydrogen (secondary N) is 2. The molecule has 6 nitrogen and oxygen atoms in total. The zero-order chi connectivity index (χ0) is 20.4. The molecule has 0 bridgehead atoms. The zero-order valence-electron chi connectivity index (χ0n) is 18.4. The number of ether oxygens (including phenoxy) is 1. The fourth-order valence-corrected chi connectivity index (χ4v) is 3.55. The van der Waals surface area contributed by atoms with Crippen LogP contribution in [0.4, 0.5) is 0 Å². The summed E-state index contributed by atoms with van der Waals surface area (Å²) in [5.41, 5.74) is 2.30. The number of hydrogen-bond acceptors (Lipinski definition) is 4. The van der Waals surface area contributed by atoms with Crippen LogP contribution >= 0.6 is 0 Å². The molecule has 0 saturated carbocycles. The second-order valence-corrected chi connectivity index (χ2v) is 7.73. The van der Waals surface area contributed by atoms with Gasteiger partial charge in [-0.15, -0.1) is 0 Å². The Morgan fingerprint density at radius 1 is 1.14 bits per heavy atom. The molecular formula is C22H39N5O. The van der Waals surface area contributed by atoms with Gasteiger partial charge in [-0.3, -0.25) is 0 Å². The number of benzene rings is 1. The average Bonchev–Trinajstić information content (AvgIpc) is 2.71. The highest BCUT2D eigenvalue weighted by Gasteiger charge is 2.17. The third-order valence-corrected chi connectivity index (χ3v) is 5.29. The van der Waals surface area contributed by atoms with Crippen LogP contribution in [0.15, 0.2) is 23.2 Å². The molecule has 1 aliphatic heterocycles. The minimum absolute atomic E-state index is 0.575. The maximum Gasteiger partial charge on any atom is 0.191 e. The molecule has 1 unspecified atom stereocenters. The van der Waals surface area contributed by atoms with E-state index < -0.39 is 0 Å². The number of aryl methyl sites for hydroxylation is 1. The predicted octanol–water partition coefficient (Wildman–Crippen LogP) is 2.33. The van der Waals surface area contributed by atoms with Crippen LogP contribution < -0.4 is 15.4 Å². The van der Waals surface area contributed by atoms with E-state index >= 15 is 0 Å². The Bertz CT molecular complexity index is 611. The molecule has 1 aromatic carbocycles. The first-order valence-electron chi connectivity index (χ1n) is 10.7. The number of nitrogens with zero attached hydrogens (tertiary/aromatic N) is 3. The van der Waals surface area contributed by atoms with Crippen molar-refractivity contribution in [3.63, 3.8) is 0 Å². The highest BCUT2D eigenvalue weighted by atomic mass is 16.5. The first-order valence-corrected chi connectivity index (χ1v) is 10.7. The molecule has 2 rings (SSSR count). The Hall–Kier alpha value is -1.79. The Labute approximate surface area is 171 Å². The summed E-state index contributed by atoms with van der Waals surface area (Å²) >= 11 is 0. The Balaban J connectivity index is 1.84. The number of guanidine groups is 1. The molecule has 0 radical (unpaired) electrons. The monoisotopic (exact) mass is 389 g/mol. The number of rotatable bonds is 9. The van der Waals surface area contributed by atoms with Crippen molar-refractivity contribution < 1.29 is 4.74 Å². The Morgan fingerprint density at radius 2 is 1.86 bits per heavy atom. The minimum atomic E-state index is 0.575. The highest BCUT2D eigenvalue weighted by Crippen LogP contribution is 2.20. The fourth-order valence-electron chi connectivity index (χ4n) is 3.55. The van der Waals surface area contributed by atoms with Crippen LogP contribution in [0.2, 0.25) is 0 Å². The average molecular weight is 390 g/mol. The first kappa shape index (κ1) is 22.5. The third-order valence-electron chi connectivity index (χ3n) is 5.29. The molecule has 0 aromatic heterocycles. The molecule has 0 amide bonds. The lowest BCUT2D eigenvalue weighted by Gasteiger charge is -2.35. The van der Waals surface area contributed by atoms with Gasteiger partial charge in [-0.05, 0) is 37.9 Å². The van der Waals surface area contributed by atoms with Crippen LogP contribution in [0.25, 0.3) is 0 Å². The van der Waals surface area contributed by atoms with Crippen molar-refractivity contribution in [1.82, 2.24) is 20.4 Å². The van der Waals surface area contributed by atoms with Crippen LogP contribution in [0.3, 0.4) is 0 Å². The van der Waals surface area contributed by atoms with Gasteiger partial charge in [-0.1, -0.05) is 26.0 Å². The molecule has 1 fully saturated rings. The molecule has 2 N–H and O–H groups in total. The molecular weight excluding hydrogens is 350 g/mol. The highest BCUT2D eigenvalue weighted by molar-refractivity contribution is 5.79. The number of hydrogen-bond donors (Lipinski definition) is 2. The van der Waals surface area contributed by atoms with Gasteiger partial charge in [0, 0.05) is 51.4 Å². The van der Waals surface area contributed by atoms with Gasteiger partial charge in [-0.25, -0.2) is 4.99 Å². The summed E-state index contributed by atoms with van der Waals surface area (Å²) in [5.74, 6) is 2.35. The van der Waals surface area contributed by atoms with Gasteiger partial charge in [0.1, 0.15) is 5.75 Å².